The minimum Gasteiger partial charge on any atom is -0.497 e. The topological polar surface area (TPSA) is 64.0 Å². The molecular formula is C23H19N3O2. The van der Waals surface area contributed by atoms with Gasteiger partial charge in [-0.3, -0.25) is 0 Å². The molecule has 0 aliphatic carbocycles. The van der Waals surface area contributed by atoms with Gasteiger partial charge in [0.25, 0.3) is 0 Å². The summed E-state index contributed by atoms with van der Waals surface area (Å²) in [5.41, 5.74) is 9.16. The highest BCUT2D eigenvalue weighted by atomic mass is 16.5. The lowest BCUT2D eigenvalue weighted by molar-refractivity contribution is 0.415. The van der Waals surface area contributed by atoms with Crippen molar-refractivity contribution in [1.29, 1.82) is 0 Å². The van der Waals surface area contributed by atoms with Gasteiger partial charge in [0, 0.05) is 11.3 Å². The lowest BCUT2D eigenvalue weighted by Crippen LogP contribution is -2.43. The highest BCUT2D eigenvalue weighted by Gasteiger charge is 2.28. The van der Waals surface area contributed by atoms with Crippen LogP contribution in [0.5, 0.6) is 5.75 Å². The third-order valence-corrected chi connectivity index (χ3v) is 5.12. The predicted octanol–water partition coefficient (Wildman–Crippen LogP) is 3.30. The van der Waals surface area contributed by atoms with Gasteiger partial charge in [-0.2, -0.15) is 0 Å². The van der Waals surface area contributed by atoms with E-state index < -0.39 is 0 Å². The van der Waals surface area contributed by atoms with E-state index in [2.05, 4.69) is 24.3 Å². The highest BCUT2D eigenvalue weighted by Crippen LogP contribution is 2.35. The minimum atomic E-state index is -0.335. The van der Waals surface area contributed by atoms with E-state index in [9.17, 15) is 0 Å². The molecule has 2 heterocycles. The zero-order chi connectivity index (χ0) is 19.1. The van der Waals surface area contributed by atoms with Gasteiger partial charge in [0.1, 0.15) is 11.6 Å². The van der Waals surface area contributed by atoms with Gasteiger partial charge in [-0.25, -0.2) is 4.99 Å². The second-order valence-corrected chi connectivity index (χ2v) is 6.66. The monoisotopic (exact) mass is 369 g/mol. The van der Waals surface area contributed by atoms with E-state index in [0.29, 0.717) is 11.4 Å². The molecule has 1 unspecified atom stereocenters. The maximum absolute atomic E-state index is 6.60. The number of anilines is 1. The molecule has 1 aliphatic rings. The van der Waals surface area contributed by atoms with Gasteiger partial charge in [-0.1, -0.05) is 42.5 Å². The first-order valence-electron chi connectivity index (χ1n) is 9.08. The van der Waals surface area contributed by atoms with E-state index in [-0.39, 0.29) is 6.17 Å². The predicted molar refractivity (Wildman–Crippen MR) is 109 cm³/mol. The molecule has 0 bridgehead atoms. The van der Waals surface area contributed by atoms with Crippen LogP contribution >= 0.6 is 0 Å². The van der Waals surface area contributed by atoms with Gasteiger partial charge in [0.2, 0.25) is 5.55 Å². The Hall–Kier alpha value is -3.73. The smallest absolute Gasteiger partial charge is 0.227 e. The number of fused-ring (bicyclic) bond motifs is 2. The zero-order valence-electron chi connectivity index (χ0n) is 15.4. The van der Waals surface area contributed by atoms with Crippen molar-refractivity contribution in [1.82, 2.24) is 0 Å². The van der Waals surface area contributed by atoms with E-state index in [1.165, 1.54) is 0 Å². The molecule has 0 saturated heterocycles. The number of furan rings is 1. The summed E-state index contributed by atoms with van der Waals surface area (Å²) in [6, 6.07) is 24.2. The van der Waals surface area contributed by atoms with Crippen molar-refractivity contribution in [3.8, 4) is 5.75 Å². The van der Waals surface area contributed by atoms with Crippen LogP contribution in [0.4, 0.5) is 5.69 Å². The number of rotatable bonds is 3. The summed E-state index contributed by atoms with van der Waals surface area (Å²) >= 11 is 0. The quantitative estimate of drug-likeness (QED) is 0.602. The molecule has 0 saturated carbocycles. The number of hydrogen-bond acceptors (Lipinski definition) is 5. The van der Waals surface area contributed by atoms with E-state index in [0.717, 1.165) is 33.0 Å². The molecule has 0 radical (unpaired) electrons. The molecule has 0 amide bonds. The second-order valence-electron chi connectivity index (χ2n) is 6.66. The average Bonchev–Trinajstić information content (AvgIpc) is 3.22. The Morgan fingerprint density at radius 3 is 2.57 bits per heavy atom. The molecule has 5 nitrogen and oxygen atoms in total. The molecule has 4 aromatic rings. The lowest BCUT2D eigenvalue weighted by atomic mass is 10.0. The van der Waals surface area contributed by atoms with Crippen molar-refractivity contribution in [2.75, 3.05) is 12.0 Å². The van der Waals surface area contributed by atoms with Crippen LogP contribution in [0.25, 0.3) is 16.6 Å². The van der Waals surface area contributed by atoms with Crippen molar-refractivity contribution in [3.63, 3.8) is 0 Å². The average molecular weight is 369 g/mol. The first-order valence-corrected chi connectivity index (χ1v) is 9.08. The molecule has 138 valence electrons. The first-order chi connectivity index (χ1) is 13.8. The third-order valence-electron chi connectivity index (χ3n) is 5.12. The number of benzene rings is 3. The summed E-state index contributed by atoms with van der Waals surface area (Å²) < 4.78 is 10.9. The normalized spacial score (nSPS) is 16.0. The maximum atomic E-state index is 6.60. The molecule has 1 aromatic heterocycles. The fourth-order valence-electron chi connectivity index (χ4n) is 3.73. The Morgan fingerprint density at radius 2 is 1.75 bits per heavy atom. The fourth-order valence-corrected chi connectivity index (χ4v) is 3.73. The summed E-state index contributed by atoms with van der Waals surface area (Å²) in [5, 5.41) is 3.10. The minimum absolute atomic E-state index is 0.335. The van der Waals surface area contributed by atoms with Crippen LogP contribution < -0.4 is 26.1 Å². The Labute approximate surface area is 162 Å². The maximum Gasteiger partial charge on any atom is 0.227 e. The molecule has 0 fully saturated rings. The van der Waals surface area contributed by atoms with Gasteiger partial charge in [0.05, 0.1) is 18.6 Å². The second kappa shape index (κ2) is 6.46. The number of nitrogens with two attached hydrogens (primary N) is 1. The number of ether oxygens (including phenoxy) is 1. The van der Waals surface area contributed by atoms with Gasteiger partial charge in [-0.05, 0) is 41.1 Å². The van der Waals surface area contributed by atoms with Crippen LogP contribution in [0.15, 0.2) is 88.5 Å². The SMILES string of the molecule is COc1ccc(N2C(N)=c3ccoc3=NC2c2cccc3ccccc23)cc1. The van der Waals surface area contributed by atoms with E-state index >= 15 is 0 Å². The number of nitrogens with zero attached hydrogens (tertiary/aromatic N) is 2. The van der Waals surface area contributed by atoms with Crippen molar-refractivity contribution < 1.29 is 9.15 Å². The molecular weight excluding hydrogens is 350 g/mol. The molecule has 5 heteroatoms. The van der Waals surface area contributed by atoms with Crippen LogP contribution in [0, 0.1) is 0 Å². The van der Waals surface area contributed by atoms with Crippen LogP contribution in [-0.4, -0.2) is 7.11 Å². The van der Waals surface area contributed by atoms with Crippen molar-refractivity contribution in [2.45, 2.75) is 6.17 Å². The summed E-state index contributed by atoms with van der Waals surface area (Å²) in [7, 11) is 1.66. The van der Waals surface area contributed by atoms with Crippen molar-refractivity contribution in [2.24, 2.45) is 10.7 Å². The summed E-state index contributed by atoms with van der Waals surface area (Å²) in [6.07, 6.45) is 1.29. The Morgan fingerprint density at radius 1 is 0.964 bits per heavy atom. The Kier molecular flexibility index (Phi) is 3.79. The van der Waals surface area contributed by atoms with Gasteiger partial charge < -0.3 is 19.8 Å². The summed E-state index contributed by atoms with van der Waals surface area (Å²) in [5.74, 6) is 1.41. The van der Waals surface area contributed by atoms with E-state index in [1.54, 1.807) is 13.4 Å². The van der Waals surface area contributed by atoms with Crippen LogP contribution in [0.1, 0.15) is 11.7 Å². The van der Waals surface area contributed by atoms with E-state index in [1.807, 2.05) is 53.4 Å². The van der Waals surface area contributed by atoms with Gasteiger partial charge in [-0.15, -0.1) is 0 Å². The van der Waals surface area contributed by atoms with Crippen molar-refractivity contribution >= 4 is 22.3 Å². The molecule has 3 aromatic carbocycles. The molecule has 1 aliphatic heterocycles. The lowest BCUT2D eigenvalue weighted by Gasteiger charge is -2.33. The van der Waals surface area contributed by atoms with E-state index in [4.69, 9.17) is 19.9 Å². The molecule has 2 N–H and O–H groups in total. The summed E-state index contributed by atoms with van der Waals surface area (Å²) in [4.78, 5) is 6.94. The number of methoxy groups -OCH3 is 1. The summed E-state index contributed by atoms with van der Waals surface area (Å²) in [6.45, 7) is 0. The zero-order valence-corrected chi connectivity index (χ0v) is 15.4. The van der Waals surface area contributed by atoms with Crippen LogP contribution in [0.2, 0.25) is 0 Å². The van der Waals surface area contributed by atoms with Gasteiger partial charge >= 0.3 is 0 Å². The first kappa shape index (κ1) is 16.4. The Bertz CT molecular complexity index is 1270. The molecule has 28 heavy (non-hydrogen) atoms. The molecule has 5 rings (SSSR count). The van der Waals surface area contributed by atoms with Crippen LogP contribution in [0.3, 0.4) is 0 Å². The fraction of sp³-hybridized carbons (Fsp3) is 0.0870. The highest BCUT2D eigenvalue weighted by molar-refractivity contribution is 5.87. The number of hydrogen-bond donors (Lipinski definition) is 1. The Balaban J connectivity index is 1.76. The van der Waals surface area contributed by atoms with Crippen molar-refractivity contribution in [3.05, 3.63) is 95.4 Å². The largest absolute Gasteiger partial charge is 0.497 e. The molecule has 0 spiro atoms. The molecule has 1 atom stereocenters. The van der Waals surface area contributed by atoms with Crippen LogP contribution in [-0.2, 0) is 0 Å². The standard InChI is InChI=1S/C23H19N3O2/c1-27-17-11-9-16(10-12-17)26-21(24)20-13-14-28-23(20)25-22(26)19-8-4-6-15-5-2-3-7-18(15)19/h2-14,22H,24H2,1H3. The van der Waals surface area contributed by atoms with Gasteiger partial charge in [0.15, 0.2) is 6.17 Å². The third kappa shape index (κ3) is 2.52.